The van der Waals surface area contributed by atoms with E-state index in [1.165, 1.54) is 0 Å². The van der Waals surface area contributed by atoms with Crippen LogP contribution in [0.5, 0.6) is 0 Å². The van der Waals surface area contributed by atoms with Gasteiger partial charge in [0.2, 0.25) is 5.95 Å². The zero-order valence-corrected chi connectivity index (χ0v) is 12.2. The van der Waals surface area contributed by atoms with Crippen LogP contribution in [0.2, 0.25) is 0 Å². The van der Waals surface area contributed by atoms with Crippen molar-refractivity contribution in [1.82, 2.24) is 14.9 Å². The summed E-state index contributed by atoms with van der Waals surface area (Å²) in [4.78, 5) is 10.6. The lowest BCUT2D eigenvalue weighted by molar-refractivity contribution is 0.261. The SMILES string of the molecule is CCC(C)N(C)CCNc1nc(N)cc(Br)n1. The Morgan fingerprint density at radius 2 is 2.24 bits per heavy atom. The number of likely N-dealkylation sites (N-methyl/N-ethyl adjacent to an activating group) is 1. The van der Waals surface area contributed by atoms with Gasteiger partial charge in [0.05, 0.1) is 0 Å². The van der Waals surface area contributed by atoms with Gasteiger partial charge in [-0.2, -0.15) is 4.98 Å². The molecule has 0 aliphatic heterocycles. The number of nitrogens with zero attached hydrogens (tertiary/aromatic N) is 3. The first-order chi connectivity index (χ1) is 8.02. The maximum atomic E-state index is 5.63. The molecule has 0 aliphatic rings. The minimum Gasteiger partial charge on any atom is -0.383 e. The van der Waals surface area contributed by atoms with E-state index in [0.717, 1.165) is 19.5 Å². The van der Waals surface area contributed by atoms with Gasteiger partial charge in [-0.15, -0.1) is 0 Å². The number of nitrogens with one attached hydrogen (secondary N) is 1. The van der Waals surface area contributed by atoms with Gasteiger partial charge in [0.1, 0.15) is 10.4 Å². The third-order valence-electron chi connectivity index (χ3n) is 2.81. The maximum Gasteiger partial charge on any atom is 0.225 e. The van der Waals surface area contributed by atoms with Crippen LogP contribution in [-0.4, -0.2) is 41.0 Å². The Morgan fingerprint density at radius 1 is 1.53 bits per heavy atom. The summed E-state index contributed by atoms with van der Waals surface area (Å²) in [6, 6.07) is 2.27. The number of anilines is 2. The molecule has 1 aromatic rings. The van der Waals surface area contributed by atoms with Gasteiger partial charge < -0.3 is 16.0 Å². The minimum absolute atomic E-state index is 0.463. The van der Waals surface area contributed by atoms with E-state index in [9.17, 15) is 0 Å². The molecule has 0 saturated heterocycles. The molecule has 6 heteroatoms. The molecule has 96 valence electrons. The summed E-state index contributed by atoms with van der Waals surface area (Å²) in [5.41, 5.74) is 5.63. The monoisotopic (exact) mass is 301 g/mol. The third kappa shape index (κ3) is 4.87. The van der Waals surface area contributed by atoms with E-state index in [2.05, 4.69) is 57.0 Å². The molecule has 17 heavy (non-hydrogen) atoms. The van der Waals surface area contributed by atoms with E-state index in [1.807, 2.05) is 0 Å². The highest BCUT2D eigenvalue weighted by Gasteiger charge is 2.06. The zero-order chi connectivity index (χ0) is 12.8. The van der Waals surface area contributed by atoms with Crippen molar-refractivity contribution in [3.8, 4) is 0 Å². The van der Waals surface area contributed by atoms with Crippen LogP contribution in [-0.2, 0) is 0 Å². The molecule has 0 amide bonds. The number of nitrogen functional groups attached to an aromatic ring is 1. The van der Waals surface area contributed by atoms with E-state index >= 15 is 0 Å². The number of aromatic nitrogens is 2. The van der Waals surface area contributed by atoms with E-state index in [4.69, 9.17) is 5.73 Å². The van der Waals surface area contributed by atoms with E-state index in [0.29, 0.717) is 22.4 Å². The lowest BCUT2D eigenvalue weighted by Gasteiger charge is -2.23. The zero-order valence-electron chi connectivity index (χ0n) is 10.6. The fourth-order valence-corrected chi connectivity index (χ4v) is 1.79. The molecule has 1 aromatic heterocycles. The summed E-state index contributed by atoms with van der Waals surface area (Å²) in [7, 11) is 2.12. The van der Waals surface area contributed by atoms with Crippen LogP contribution < -0.4 is 11.1 Å². The highest BCUT2D eigenvalue weighted by Crippen LogP contribution is 2.12. The summed E-state index contributed by atoms with van der Waals surface area (Å²) in [6.07, 6.45) is 1.15. The Kier molecular flexibility index (Phi) is 5.64. The molecule has 0 spiro atoms. The molecule has 5 nitrogen and oxygen atoms in total. The third-order valence-corrected chi connectivity index (χ3v) is 3.21. The number of hydrogen-bond acceptors (Lipinski definition) is 5. The highest BCUT2D eigenvalue weighted by molar-refractivity contribution is 9.10. The van der Waals surface area contributed by atoms with Crippen molar-refractivity contribution in [2.45, 2.75) is 26.3 Å². The smallest absolute Gasteiger partial charge is 0.225 e. The molecular weight excluding hydrogens is 282 g/mol. The van der Waals surface area contributed by atoms with Crippen molar-refractivity contribution in [3.63, 3.8) is 0 Å². The van der Waals surface area contributed by atoms with Crippen molar-refractivity contribution in [2.75, 3.05) is 31.2 Å². The van der Waals surface area contributed by atoms with Crippen LogP contribution in [0.15, 0.2) is 10.7 Å². The summed E-state index contributed by atoms with van der Waals surface area (Å²) in [5.74, 6) is 1.03. The largest absolute Gasteiger partial charge is 0.383 e. The Balaban J connectivity index is 2.40. The van der Waals surface area contributed by atoms with Gasteiger partial charge in [-0.3, -0.25) is 0 Å². The van der Waals surface area contributed by atoms with Crippen LogP contribution >= 0.6 is 15.9 Å². The van der Waals surface area contributed by atoms with Gasteiger partial charge in [0, 0.05) is 25.2 Å². The number of nitrogens with two attached hydrogens (primary N) is 1. The van der Waals surface area contributed by atoms with Gasteiger partial charge in [-0.25, -0.2) is 4.98 Å². The molecule has 0 fully saturated rings. The summed E-state index contributed by atoms with van der Waals surface area (Å²) < 4.78 is 0.697. The van der Waals surface area contributed by atoms with Crippen molar-refractivity contribution in [3.05, 3.63) is 10.7 Å². The van der Waals surface area contributed by atoms with Crippen LogP contribution in [0.25, 0.3) is 0 Å². The molecule has 0 radical (unpaired) electrons. The second-order valence-corrected chi connectivity index (χ2v) is 4.92. The molecule has 3 N–H and O–H groups in total. The van der Waals surface area contributed by atoms with Crippen LogP contribution in [0.1, 0.15) is 20.3 Å². The maximum absolute atomic E-state index is 5.63. The van der Waals surface area contributed by atoms with Crippen LogP contribution in [0.4, 0.5) is 11.8 Å². The summed E-state index contributed by atoms with van der Waals surface area (Å²) in [6.45, 7) is 6.15. The van der Waals surface area contributed by atoms with E-state index < -0.39 is 0 Å². The Morgan fingerprint density at radius 3 is 2.82 bits per heavy atom. The Labute approximate surface area is 111 Å². The fraction of sp³-hybridized carbons (Fsp3) is 0.636. The molecule has 0 aliphatic carbocycles. The first kappa shape index (κ1) is 14.2. The number of rotatable bonds is 6. The molecule has 1 atom stereocenters. The molecule has 1 rings (SSSR count). The van der Waals surface area contributed by atoms with E-state index in [1.54, 1.807) is 6.07 Å². The van der Waals surface area contributed by atoms with Gasteiger partial charge in [-0.05, 0) is 36.3 Å². The highest BCUT2D eigenvalue weighted by atomic mass is 79.9. The predicted octanol–water partition coefficient (Wildman–Crippen LogP) is 1.96. The summed E-state index contributed by atoms with van der Waals surface area (Å²) in [5, 5.41) is 3.16. The van der Waals surface area contributed by atoms with Crippen LogP contribution in [0.3, 0.4) is 0 Å². The molecule has 1 heterocycles. The Bertz CT molecular complexity index is 337. The van der Waals surface area contributed by atoms with Crippen molar-refractivity contribution in [2.24, 2.45) is 0 Å². The number of hydrogen-bond donors (Lipinski definition) is 2. The molecular formula is C11H20BrN5. The molecule has 0 bridgehead atoms. The topological polar surface area (TPSA) is 67.1 Å². The average molecular weight is 302 g/mol. The van der Waals surface area contributed by atoms with Gasteiger partial charge in [-0.1, -0.05) is 6.92 Å². The normalized spacial score (nSPS) is 12.8. The molecule has 0 saturated carbocycles. The predicted molar refractivity (Wildman–Crippen MR) is 75.0 cm³/mol. The lowest BCUT2D eigenvalue weighted by atomic mass is 10.2. The average Bonchev–Trinajstić information content (AvgIpc) is 2.26. The Hall–Kier alpha value is -0.880. The molecule has 1 unspecified atom stereocenters. The summed E-state index contributed by atoms with van der Waals surface area (Å²) >= 11 is 3.29. The second kappa shape index (κ2) is 6.76. The van der Waals surface area contributed by atoms with E-state index in [-0.39, 0.29) is 0 Å². The van der Waals surface area contributed by atoms with Gasteiger partial charge in [0.15, 0.2) is 0 Å². The standard InChI is InChI=1S/C11H20BrN5/c1-4-8(2)17(3)6-5-14-11-15-9(12)7-10(13)16-11/h7-8H,4-6H2,1-3H3,(H3,13,14,15,16). The fourth-order valence-electron chi connectivity index (χ4n) is 1.39. The molecule has 0 aromatic carbocycles. The second-order valence-electron chi connectivity index (χ2n) is 4.10. The lowest BCUT2D eigenvalue weighted by Crippen LogP contribution is -2.32. The van der Waals surface area contributed by atoms with Crippen molar-refractivity contribution >= 4 is 27.7 Å². The number of halogens is 1. The van der Waals surface area contributed by atoms with Gasteiger partial charge in [0.25, 0.3) is 0 Å². The van der Waals surface area contributed by atoms with Crippen molar-refractivity contribution in [1.29, 1.82) is 0 Å². The van der Waals surface area contributed by atoms with Gasteiger partial charge >= 0.3 is 0 Å². The first-order valence-corrected chi connectivity index (χ1v) is 6.56. The first-order valence-electron chi connectivity index (χ1n) is 5.77. The quantitative estimate of drug-likeness (QED) is 0.786. The minimum atomic E-state index is 0.463. The van der Waals surface area contributed by atoms with Crippen LogP contribution in [0, 0.1) is 0 Å². The van der Waals surface area contributed by atoms with Crippen molar-refractivity contribution < 1.29 is 0 Å².